The lowest BCUT2D eigenvalue weighted by molar-refractivity contribution is 0.148. The van der Waals surface area contributed by atoms with Gasteiger partial charge >= 0.3 is 0 Å². The summed E-state index contributed by atoms with van der Waals surface area (Å²) in [6.07, 6.45) is 1.18. The summed E-state index contributed by atoms with van der Waals surface area (Å²) in [6, 6.07) is 7.60. The first-order chi connectivity index (χ1) is 9.22. The molecule has 3 heteroatoms. The van der Waals surface area contributed by atoms with Crippen molar-refractivity contribution < 1.29 is 0 Å². The van der Waals surface area contributed by atoms with Gasteiger partial charge in [-0.05, 0) is 43.6 Å². The van der Waals surface area contributed by atoms with E-state index in [-0.39, 0.29) is 0 Å². The number of hydrogen-bond donors (Lipinski definition) is 1. The van der Waals surface area contributed by atoms with E-state index in [1.807, 2.05) is 0 Å². The van der Waals surface area contributed by atoms with E-state index in [0.29, 0.717) is 6.04 Å². The van der Waals surface area contributed by atoms with E-state index < -0.39 is 0 Å². The predicted octanol–water partition coefficient (Wildman–Crippen LogP) is 1.64. The van der Waals surface area contributed by atoms with Gasteiger partial charge in [0.15, 0.2) is 0 Å². The van der Waals surface area contributed by atoms with Gasteiger partial charge < -0.3 is 10.2 Å². The number of piperazine rings is 1. The highest BCUT2D eigenvalue weighted by atomic mass is 15.2. The van der Waals surface area contributed by atoms with E-state index >= 15 is 0 Å². The Morgan fingerprint density at radius 3 is 2.79 bits per heavy atom. The van der Waals surface area contributed by atoms with Gasteiger partial charge in [-0.15, -0.1) is 0 Å². The van der Waals surface area contributed by atoms with E-state index in [9.17, 15) is 0 Å². The Morgan fingerprint density at radius 2 is 2.00 bits per heavy atom. The number of likely N-dealkylation sites (N-methyl/N-ethyl adjacent to an activating group) is 1. The smallest absolute Gasteiger partial charge is 0.0294 e. The van der Waals surface area contributed by atoms with Crippen LogP contribution < -0.4 is 5.32 Å². The highest BCUT2D eigenvalue weighted by molar-refractivity contribution is 5.36. The van der Waals surface area contributed by atoms with Crippen molar-refractivity contribution in [2.24, 2.45) is 0 Å². The normalized spacial score (nSPS) is 25.3. The quantitative estimate of drug-likeness (QED) is 0.871. The molecular formula is C16H25N3. The summed E-state index contributed by atoms with van der Waals surface area (Å²) in [7, 11) is 2.21. The van der Waals surface area contributed by atoms with Gasteiger partial charge in [0.1, 0.15) is 0 Å². The van der Waals surface area contributed by atoms with E-state index in [4.69, 9.17) is 0 Å². The molecule has 0 radical (unpaired) electrons. The molecule has 2 aliphatic rings. The molecule has 0 amide bonds. The zero-order chi connectivity index (χ0) is 13.2. The molecule has 1 aromatic rings. The minimum absolute atomic E-state index is 0.515. The van der Waals surface area contributed by atoms with Crippen LogP contribution in [0.4, 0.5) is 0 Å². The minimum Gasteiger partial charge on any atom is -0.310 e. The Kier molecular flexibility index (Phi) is 3.87. The van der Waals surface area contributed by atoms with Crippen LogP contribution in [-0.4, -0.2) is 49.6 Å². The second kappa shape index (κ2) is 5.61. The maximum absolute atomic E-state index is 3.53. The van der Waals surface area contributed by atoms with Gasteiger partial charge in [0.25, 0.3) is 0 Å². The number of rotatable bonds is 2. The number of benzene rings is 1. The largest absolute Gasteiger partial charge is 0.310 e. The molecule has 3 rings (SSSR count). The fourth-order valence-corrected chi connectivity index (χ4v) is 3.19. The molecule has 1 aromatic carbocycles. The molecule has 19 heavy (non-hydrogen) atoms. The summed E-state index contributed by atoms with van der Waals surface area (Å²) in [5, 5.41) is 3.53. The molecule has 3 nitrogen and oxygen atoms in total. The first-order valence-corrected chi connectivity index (χ1v) is 7.48. The number of hydrogen-bond acceptors (Lipinski definition) is 3. The monoisotopic (exact) mass is 259 g/mol. The molecule has 0 spiro atoms. The van der Waals surface area contributed by atoms with E-state index in [1.165, 1.54) is 43.7 Å². The standard InChI is InChI=1S/C16H25N3/c1-13-16-4-3-14(11-15(16)5-6-17-13)12-19-9-7-18(2)8-10-19/h3-4,11,13,17H,5-10,12H2,1-2H3. The number of nitrogens with one attached hydrogen (secondary N) is 1. The van der Waals surface area contributed by atoms with E-state index in [0.717, 1.165) is 13.1 Å². The van der Waals surface area contributed by atoms with E-state index in [2.05, 4.69) is 47.3 Å². The van der Waals surface area contributed by atoms with E-state index in [1.54, 1.807) is 5.56 Å². The molecule has 0 aliphatic carbocycles. The molecule has 1 saturated heterocycles. The van der Waals surface area contributed by atoms with Crippen LogP contribution in [0.3, 0.4) is 0 Å². The van der Waals surface area contributed by atoms with Crippen LogP contribution in [0.2, 0.25) is 0 Å². The average molecular weight is 259 g/mol. The molecule has 1 unspecified atom stereocenters. The van der Waals surface area contributed by atoms with Crippen molar-refractivity contribution in [2.45, 2.75) is 25.9 Å². The van der Waals surface area contributed by atoms with Crippen LogP contribution in [0.1, 0.15) is 29.7 Å². The third-order valence-electron chi connectivity index (χ3n) is 4.52. The third kappa shape index (κ3) is 2.99. The highest BCUT2D eigenvalue weighted by Crippen LogP contribution is 2.24. The molecule has 1 fully saturated rings. The topological polar surface area (TPSA) is 18.5 Å². The Balaban J connectivity index is 1.68. The molecule has 1 N–H and O–H groups in total. The fourth-order valence-electron chi connectivity index (χ4n) is 3.19. The van der Waals surface area contributed by atoms with Crippen LogP contribution in [0.25, 0.3) is 0 Å². The average Bonchev–Trinajstić information content (AvgIpc) is 2.42. The molecule has 2 aliphatic heterocycles. The second-order valence-corrected chi connectivity index (χ2v) is 6.04. The molecule has 1 atom stereocenters. The van der Waals surface area contributed by atoms with Crippen molar-refractivity contribution in [1.29, 1.82) is 0 Å². The summed E-state index contributed by atoms with van der Waals surface area (Å²) >= 11 is 0. The number of nitrogens with zero attached hydrogens (tertiary/aromatic N) is 2. The molecule has 104 valence electrons. The van der Waals surface area contributed by atoms with Gasteiger partial charge in [0, 0.05) is 38.8 Å². The van der Waals surface area contributed by atoms with Gasteiger partial charge in [-0.25, -0.2) is 0 Å². The lowest BCUT2D eigenvalue weighted by atomic mass is 9.93. The van der Waals surface area contributed by atoms with Crippen LogP contribution in [-0.2, 0) is 13.0 Å². The SMILES string of the molecule is CC1NCCc2cc(CN3CCN(C)CC3)ccc21. The lowest BCUT2D eigenvalue weighted by Crippen LogP contribution is -2.43. The van der Waals surface area contributed by atoms with Crippen molar-refractivity contribution in [3.8, 4) is 0 Å². The van der Waals surface area contributed by atoms with Crippen molar-refractivity contribution in [3.05, 3.63) is 34.9 Å². The predicted molar refractivity (Wildman–Crippen MR) is 79.3 cm³/mol. The highest BCUT2D eigenvalue weighted by Gasteiger charge is 2.17. The minimum atomic E-state index is 0.515. The zero-order valence-electron chi connectivity index (χ0n) is 12.2. The summed E-state index contributed by atoms with van der Waals surface area (Å²) in [4.78, 5) is 4.99. The van der Waals surface area contributed by atoms with Crippen LogP contribution in [0, 0.1) is 0 Å². The van der Waals surface area contributed by atoms with Gasteiger partial charge in [-0.3, -0.25) is 4.90 Å². The summed E-state index contributed by atoms with van der Waals surface area (Å²) in [5.74, 6) is 0. The lowest BCUT2D eigenvalue weighted by Gasteiger charge is -2.32. The fraction of sp³-hybridized carbons (Fsp3) is 0.625. The Labute approximate surface area is 116 Å². The van der Waals surface area contributed by atoms with Gasteiger partial charge in [-0.2, -0.15) is 0 Å². The first kappa shape index (κ1) is 13.1. The second-order valence-electron chi connectivity index (χ2n) is 6.04. The zero-order valence-corrected chi connectivity index (χ0v) is 12.2. The summed E-state index contributed by atoms with van der Waals surface area (Å²) in [5.41, 5.74) is 4.53. The Bertz CT molecular complexity index is 436. The molecule has 0 bridgehead atoms. The Hall–Kier alpha value is -0.900. The first-order valence-electron chi connectivity index (χ1n) is 7.48. The van der Waals surface area contributed by atoms with Gasteiger partial charge in [-0.1, -0.05) is 18.2 Å². The summed E-state index contributed by atoms with van der Waals surface area (Å²) in [6.45, 7) is 9.29. The molecule has 2 heterocycles. The van der Waals surface area contributed by atoms with Gasteiger partial charge in [0.05, 0.1) is 0 Å². The van der Waals surface area contributed by atoms with Crippen molar-refractivity contribution in [1.82, 2.24) is 15.1 Å². The van der Waals surface area contributed by atoms with Crippen LogP contribution >= 0.6 is 0 Å². The maximum Gasteiger partial charge on any atom is 0.0294 e. The van der Waals surface area contributed by atoms with Crippen molar-refractivity contribution in [3.63, 3.8) is 0 Å². The molecular weight excluding hydrogens is 234 g/mol. The Morgan fingerprint density at radius 1 is 1.21 bits per heavy atom. The van der Waals surface area contributed by atoms with Crippen LogP contribution in [0.5, 0.6) is 0 Å². The third-order valence-corrected chi connectivity index (χ3v) is 4.52. The molecule has 0 saturated carbocycles. The van der Waals surface area contributed by atoms with Crippen molar-refractivity contribution in [2.75, 3.05) is 39.8 Å². The summed E-state index contributed by atoms with van der Waals surface area (Å²) < 4.78 is 0. The number of fused-ring (bicyclic) bond motifs is 1. The van der Waals surface area contributed by atoms with Crippen LogP contribution in [0.15, 0.2) is 18.2 Å². The molecule has 0 aromatic heterocycles. The van der Waals surface area contributed by atoms with Crippen molar-refractivity contribution >= 4 is 0 Å². The van der Waals surface area contributed by atoms with Gasteiger partial charge in [0.2, 0.25) is 0 Å². The maximum atomic E-state index is 3.53.